The van der Waals surface area contributed by atoms with Gasteiger partial charge in [-0.1, -0.05) is 13.8 Å². The van der Waals surface area contributed by atoms with Gasteiger partial charge in [0, 0.05) is 39.2 Å². The maximum absolute atomic E-state index is 12.8. The first-order valence-corrected chi connectivity index (χ1v) is 8.89. The van der Waals surface area contributed by atoms with Crippen LogP contribution in [0.4, 0.5) is 4.79 Å². The highest BCUT2D eigenvalue weighted by atomic mass is 16.6. The van der Waals surface area contributed by atoms with E-state index in [9.17, 15) is 9.59 Å². The quantitative estimate of drug-likeness (QED) is 0.745. The van der Waals surface area contributed by atoms with Crippen molar-refractivity contribution in [1.29, 1.82) is 0 Å². The number of methoxy groups -OCH3 is 1. The van der Waals surface area contributed by atoms with Crippen LogP contribution in [0, 0.1) is 11.8 Å². The Balaban J connectivity index is 2.55. The molecule has 0 aromatic rings. The maximum Gasteiger partial charge on any atom is 0.410 e. The Morgan fingerprint density at radius 3 is 2.25 bits per heavy atom. The number of carbonyl (C=O) groups excluding carboxylic acids is 2. The summed E-state index contributed by atoms with van der Waals surface area (Å²) in [7, 11) is 1.65. The lowest BCUT2D eigenvalue weighted by atomic mass is 9.95. The number of piperidine rings is 1. The van der Waals surface area contributed by atoms with Crippen molar-refractivity contribution >= 4 is 12.0 Å². The standard InChI is InChI=1S/C18H34N2O4/c1-14(2)13-20(11-12-23-6)16(21)15-7-9-19(10-8-15)17(22)24-18(3,4)5/h14-15H,7-13H2,1-6H3. The molecule has 1 rings (SSSR count). The van der Waals surface area contributed by atoms with Crippen LogP contribution in [-0.2, 0) is 14.3 Å². The molecule has 6 heteroatoms. The number of hydrogen-bond acceptors (Lipinski definition) is 4. The van der Waals surface area contributed by atoms with E-state index in [0.29, 0.717) is 45.0 Å². The highest BCUT2D eigenvalue weighted by Gasteiger charge is 2.32. The Kier molecular flexibility index (Phi) is 8.00. The summed E-state index contributed by atoms with van der Waals surface area (Å²) < 4.78 is 10.5. The molecule has 1 fully saturated rings. The van der Waals surface area contributed by atoms with E-state index in [2.05, 4.69) is 13.8 Å². The molecule has 6 nitrogen and oxygen atoms in total. The summed E-state index contributed by atoms with van der Waals surface area (Å²) in [5, 5.41) is 0. The summed E-state index contributed by atoms with van der Waals surface area (Å²) in [4.78, 5) is 28.5. The molecule has 0 aromatic carbocycles. The summed E-state index contributed by atoms with van der Waals surface area (Å²) >= 11 is 0. The van der Waals surface area contributed by atoms with Crippen molar-refractivity contribution in [2.75, 3.05) is 39.9 Å². The molecule has 140 valence electrons. The first kappa shape index (κ1) is 20.7. The minimum atomic E-state index is -0.488. The van der Waals surface area contributed by atoms with Gasteiger partial charge >= 0.3 is 6.09 Å². The smallest absolute Gasteiger partial charge is 0.410 e. The number of ether oxygens (including phenoxy) is 2. The lowest BCUT2D eigenvalue weighted by Gasteiger charge is -2.35. The average molecular weight is 342 g/mol. The second-order valence-electron chi connectivity index (χ2n) is 7.91. The van der Waals surface area contributed by atoms with E-state index in [1.807, 2.05) is 25.7 Å². The van der Waals surface area contributed by atoms with Crippen molar-refractivity contribution in [1.82, 2.24) is 9.80 Å². The van der Waals surface area contributed by atoms with E-state index in [-0.39, 0.29) is 17.9 Å². The van der Waals surface area contributed by atoms with Gasteiger partial charge in [-0.05, 0) is 39.5 Å². The van der Waals surface area contributed by atoms with Gasteiger partial charge in [-0.3, -0.25) is 4.79 Å². The first-order chi connectivity index (χ1) is 11.1. The molecule has 0 aromatic heterocycles. The molecule has 0 saturated carbocycles. The number of amides is 2. The fourth-order valence-electron chi connectivity index (χ4n) is 2.83. The second-order valence-corrected chi connectivity index (χ2v) is 7.91. The molecule has 1 aliphatic rings. The summed E-state index contributed by atoms with van der Waals surface area (Å²) in [5.74, 6) is 0.594. The van der Waals surface area contributed by atoms with Gasteiger partial charge in [-0.15, -0.1) is 0 Å². The third kappa shape index (κ3) is 7.07. The molecule has 0 unspecified atom stereocenters. The van der Waals surface area contributed by atoms with Gasteiger partial charge in [0.05, 0.1) is 6.61 Å². The Morgan fingerprint density at radius 2 is 1.79 bits per heavy atom. The number of rotatable bonds is 6. The summed E-state index contributed by atoms with van der Waals surface area (Å²) in [6.45, 7) is 12.9. The van der Waals surface area contributed by atoms with E-state index in [4.69, 9.17) is 9.47 Å². The van der Waals surface area contributed by atoms with Crippen LogP contribution in [0.25, 0.3) is 0 Å². The third-order valence-corrected chi connectivity index (χ3v) is 3.96. The Morgan fingerprint density at radius 1 is 1.21 bits per heavy atom. The van der Waals surface area contributed by atoms with Crippen LogP contribution in [0.2, 0.25) is 0 Å². The Hall–Kier alpha value is -1.30. The minimum Gasteiger partial charge on any atom is -0.444 e. The van der Waals surface area contributed by atoms with Crippen LogP contribution in [-0.4, -0.2) is 67.3 Å². The summed E-state index contributed by atoms with van der Waals surface area (Å²) in [5.41, 5.74) is -0.488. The molecule has 1 saturated heterocycles. The van der Waals surface area contributed by atoms with Gasteiger partial charge in [0.15, 0.2) is 0 Å². The second kappa shape index (κ2) is 9.25. The van der Waals surface area contributed by atoms with Crippen LogP contribution < -0.4 is 0 Å². The molecule has 0 radical (unpaired) electrons. The first-order valence-electron chi connectivity index (χ1n) is 8.89. The van der Waals surface area contributed by atoms with Gasteiger partial charge in [0.1, 0.15) is 5.60 Å². The SMILES string of the molecule is COCCN(CC(C)C)C(=O)C1CCN(C(=O)OC(C)(C)C)CC1. The third-order valence-electron chi connectivity index (χ3n) is 3.96. The average Bonchev–Trinajstić information content (AvgIpc) is 2.49. The van der Waals surface area contributed by atoms with Crippen LogP contribution in [0.1, 0.15) is 47.5 Å². The molecule has 0 N–H and O–H groups in total. The molecule has 0 spiro atoms. The van der Waals surface area contributed by atoms with Crippen LogP contribution in [0.3, 0.4) is 0 Å². The van der Waals surface area contributed by atoms with Crippen LogP contribution in [0.5, 0.6) is 0 Å². The highest BCUT2D eigenvalue weighted by molar-refractivity contribution is 5.79. The minimum absolute atomic E-state index is 0.0145. The van der Waals surface area contributed by atoms with Gasteiger partial charge in [0.25, 0.3) is 0 Å². The van der Waals surface area contributed by atoms with E-state index < -0.39 is 5.60 Å². The molecule has 0 bridgehead atoms. The number of carbonyl (C=O) groups is 2. The van der Waals surface area contributed by atoms with Crippen LogP contribution in [0.15, 0.2) is 0 Å². The molecule has 0 atom stereocenters. The molecule has 2 amide bonds. The fourth-order valence-corrected chi connectivity index (χ4v) is 2.83. The van der Waals surface area contributed by atoms with Gasteiger partial charge < -0.3 is 19.3 Å². The van der Waals surface area contributed by atoms with Crippen molar-refractivity contribution in [3.63, 3.8) is 0 Å². The zero-order chi connectivity index (χ0) is 18.3. The Bertz CT molecular complexity index is 410. The number of hydrogen-bond donors (Lipinski definition) is 0. The van der Waals surface area contributed by atoms with Crippen molar-refractivity contribution < 1.29 is 19.1 Å². The van der Waals surface area contributed by atoms with E-state index in [1.54, 1.807) is 12.0 Å². The molecule has 1 aliphatic heterocycles. The molecule has 0 aliphatic carbocycles. The van der Waals surface area contributed by atoms with Crippen molar-refractivity contribution in [2.24, 2.45) is 11.8 Å². The molecular weight excluding hydrogens is 308 g/mol. The number of likely N-dealkylation sites (tertiary alicyclic amines) is 1. The normalized spacial score (nSPS) is 16.4. The lowest BCUT2D eigenvalue weighted by molar-refractivity contribution is -0.138. The zero-order valence-corrected chi connectivity index (χ0v) is 16.1. The van der Waals surface area contributed by atoms with E-state index >= 15 is 0 Å². The Labute approximate surface area is 146 Å². The summed E-state index contributed by atoms with van der Waals surface area (Å²) in [6.07, 6.45) is 1.10. The zero-order valence-electron chi connectivity index (χ0n) is 16.1. The van der Waals surface area contributed by atoms with Gasteiger partial charge in [0.2, 0.25) is 5.91 Å². The largest absolute Gasteiger partial charge is 0.444 e. The topological polar surface area (TPSA) is 59.1 Å². The monoisotopic (exact) mass is 342 g/mol. The maximum atomic E-state index is 12.8. The van der Waals surface area contributed by atoms with E-state index in [0.717, 1.165) is 6.54 Å². The van der Waals surface area contributed by atoms with Gasteiger partial charge in [-0.25, -0.2) is 4.79 Å². The fraction of sp³-hybridized carbons (Fsp3) is 0.889. The van der Waals surface area contributed by atoms with E-state index in [1.165, 1.54) is 0 Å². The lowest BCUT2D eigenvalue weighted by Crippen LogP contribution is -2.47. The van der Waals surface area contributed by atoms with Crippen molar-refractivity contribution in [3.8, 4) is 0 Å². The van der Waals surface area contributed by atoms with Crippen LogP contribution >= 0.6 is 0 Å². The van der Waals surface area contributed by atoms with Gasteiger partial charge in [-0.2, -0.15) is 0 Å². The summed E-state index contributed by atoms with van der Waals surface area (Å²) in [6, 6.07) is 0. The van der Waals surface area contributed by atoms with Crippen molar-refractivity contribution in [3.05, 3.63) is 0 Å². The number of nitrogens with zero attached hydrogens (tertiary/aromatic N) is 2. The molecule has 24 heavy (non-hydrogen) atoms. The highest BCUT2D eigenvalue weighted by Crippen LogP contribution is 2.22. The predicted molar refractivity (Wildman–Crippen MR) is 93.8 cm³/mol. The molecular formula is C18H34N2O4. The van der Waals surface area contributed by atoms with Crippen molar-refractivity contribution in [2.45, 2.75) is 53.1 Å². The molecule has 1 heterocycles. The predicted octanol–water partition coefficient (Wildman–Crippen LogP) is 2.76.